The number of nitrogens with zero attached hydrogens (tertiary/aromatic N) is 1. The predicted octanol–water partition coefficient (Wildman–Crippen LogP) is 8.88. The first-order valence-electron chi connectivity index (χ1n) is 12.0. The van der Waals surface area contributed by atoms with Crippen molar-refractivity contribution in [3.63, 3.8) is 0 Å². The van der Waals surface area contributed by atoms with Crippen LogP contribution >= 0.6 is 63.7 Å². The number of carbonyl (C=O) groups excluding carboxylic acids is 2. The Hall–Kier alpha value is -3.25. The zero-order chi connectivity index (χ0) is 29.1. The molecule has 206 valence electrons. The minimum absolute atomic E-state index is 0.253. The number of hydrogen-bond donors (Lipinski definition) is 2. The molecular formula is C30H19Br4N3O4. The summed E-state index contributed by atoms with van der Waals surface area (Å²) in [4.78, 5) is 29.5. The van der Waals surface area contributed by atoms with Crippen molar-refractivity contribution >= 4 is 92.7 Å². The number of nitrogens with one attached hydrogen (secondary N) is 2. The molecule has 0 aliphatic heterocycles. The summed E-state index contributed by atoms with van der Waals surface area (Å²) in [5.74, 6) is -0.153. The highest BCUT2D eigenvalue weighted by Crippen LogP contribution is 2.41. The highest BCUT2D eigenvalue weighted by atomic mass is 79.9. The van der Waals surface area contributed by atoms with Crippen molar-refractivity contribution in [3.05, 3.63) is 114 Å². The predicted molar refractivity (Wildman–Crippen MR) is 174 cm³/mol. The van der Waals surface area contributed by atoms with Crippen molar-refractivity contribution in [3.8, 4) is 22.6 Å². The van der Waals surface area contributed by atoms with Crippen LogP contribution in [-0.2, 0) is 0 Å². The molecule has 2 N–H and O–H groups in total. The third-order valence-electron chi connectivity index (χ3n) is 6.06. The summed E-state index contributed by atoms with van der Waals surface area (Å²) < 4.78 is 14.2. The molecule has 0 spiro atoms. The van der Waals surface area contributed by atoms with Gasteiger partial charge in [0.15, 0.2) is 5.75 Å². The maximum Gasteiger partial charge on any atom is 0.343 e. The third kappa shape index (κ3) is 6.33. The second-order valence-electron chi connectivity index (χ2n) is 8.64. The monoisotopic (exact) mass is 801 g/mol. The van der Waals surface area contributed by atoms with Crippen LogP contribution in [0.3, 0.4) is 0 Å². The van der Waals surface area contributed by atoms with Crippen LogP contribution in [0.15, 0.2) is 102 Å². The molecule has 0 fully saturated rings. The average Bonchev–Trinajstić information content (AvgIpc) is 3.37. The number of amides is 1. The van der Waals surface area contributed by atoms with E-state index in [0.717, 1.165) is 24.4 Å². The summed E-state index contributed by atoms with van der Waals surface area (Å²) in [7, 11) is 1.58. The number of ether oxygens (including phenoxy) is 2. The Morgan fingerprint density at radius 3 is 2.32 bits per heavy atom. The van der Waals surface area contributed by atoms with E-state index >= 15 is 0 Å². The number of aromatic nitrogens is 1. The first-order valence-corrected chi connectivity index (χ1v) is 15.2. The van der Waals surface area contributed by atoms with Gasteiger partial charge in [0, 0.05) is 29.9 Å². The molecule has 5 aromatic rings. The molecule has 5 rings (SSSR count). The molecule has 4 aromatic carbocycles. The maximum atomic E-state index is 13.5. The van der Waals surface area contributed by atoms with Gasteiger partial charge < -0.3 is 14.5 Å². The summed E-state index contributed by atoms with van der Waals surface area (Å²) in [5, 5.41) is 5.00. The van der Waals surface area contributed by atoms with Crippen molar-refractivity contribution in [2.75, 3.05) is 7.11 Å². The average molecular weight is 805 g/mol. The van der Waals surface area contributed by atoms with Crippen LogP contribution in [0.25, 0.3) is 22.0 Å². The lowest BCUT2D eigenvalue weighted by Crippen LogP contribution is -2.19. The van der Waals surface area contributed by atoms with Crippen LogP contribution in [-0.4, -0.2) is 30.2 Å². The standard InChI is InChI=1S/C30H19Br4N3O4/c1-40-23-12-11-21(33)25-24(16-5-3-2-4-6-16)27(36-26(23)25)29(38)37-35-15-18-13-20(32)14-22(34)28(18)41-30(39)17-7-9-19(31)10-8-17/h2-15,36H,1H3,(H,37,38). The lowest BCUT2D eigenvalue weighted by atomic mass is 10.0. The van der Waals surface area contributed by atoms with Gasteiger partial charge in [0.05, 0.1) is 28.9 Å². The Morgan fingerprint density at radius 1 is 0.878 bits per heavy atom. The van der Waals surface area contributed by atoms with Crippen molar-refractivity contribution in [2.45, 2.75) is 0 Å². The van der Waals surface area contributed by atoms with E-state index in [0.29, 0.717) is 38.1 Å². The van der Waals surface area contributed by atoms with Gasteiger partial charge in [-0.05, 0) is 70.0 Å². The first-order chi connectivity index (χ1) is 19.8. The van der Waals surface area contributed by atoms with E-state index in [-0.39, 0.29) is 5.75 Å². The molecule has 0 aliphatic rings. The number of carbonyl (C=O) groups is 2. The van der Waals surface area contributed by atoms with Crippen LogP contribution < -0.4 is 14.9 Å². The van der Waals surface area contributed by atoms with Crippen LogP contribution in [0.2, 0.25) is 0 Å². The van der Waals surface area contributed by atoms with E-state index in [2.05, 4.69) is 79.2 Å². The van der Waals surface area contributed by atoms with E-state index in [1.165, 1.54) is 6.21 Å². The van der Waals surface area contributed by atoms with Crippen LogP contribution in [0, 0.1) is 0 Å². The van der Waals surface area contributed by atoms with Gasteiger partial charge in [0.2, 0.25) is 0 Å². The van der Waals surface area contributed by atoms with Crippen molar-refractivity contribution in [2.24, 2.45) is 5.10 Å². The molecule has 1 aromatic heterocycles. The summed E-state index contributed by atoms with van der Waals surface area (Å²) in [5.41, 5.74) is 5.98. The zero-order valence-corrected chi connectivity index (χ0v) is 27.5. The van der Waals surface area contributed by atoms with Gasteiger partial charge >= 0.3 is 5.97 Å². The zero-order valence-electron chi connectivity index (χ0n) is 21.2. The number of aromatic amines is 1. The number of methoxy groups -OCH3 is 1. The largest absolute Gasteiger partial charge is 0.495 e. The minimum Gasteiger partial charge on any atom is -0.495 e. The Kier molecular flexibility index (Phi) is 9.08. The van der Waals surface area contributed by atoms with Crippen LogP contribution in [0.4, 0.5) is 0 Å². The Labute approximate surface area is 268 Å². The van der Waals surface area contributed by atoms with Crippen molar-refractivity contribution in [1.82, 2.24) is 10.4 Å². The van der Waals surface area contributed by atoms with E-state index in [4.69, 9.17) is 9.47 Å². The fraction of sp³-hybridized carbons (Fsp3) is 0.0333. The number of hydrogen-bond acceptors (Lipinski definition) is 5. The quantitative estimate of drug-likeness (QED) is 0.0745. The molecule has 0 atom stereocenters. The summed E-state index contributed by atoms with van der Waals surface area (Å²) in [6, 6.07) is 23.6. The van der Waals surface area contributed by atoms with Crippen molar-refractivity contribution < 1.29 is 19.1 Å². The van der Waals surface area contributed by atoms with Gasteiger partial charge in [0.1, 0.15) is 11.4 Å². The molecule has 0 radical (unpaired) electrons. The number of benzene rings is 4. The number of rotatable bonds is 7. The maximum absolute atomic E-state index is 13.5. The van der Waals surface area contributed by atoms with Gasteiger partial charge in [-0.3, -0.25) is 4.79 Å². The minimum atomic E-state index is -0.538. The van der Waals surface area contributed by atoms with E-state index in [9.17, 15) is 9.59 Å². The molecule has 0 aliphatic carbocycles. The summed E-state index contributed by atoms with van der Waals surface area (Å²) in [6.07, 6.45) is 1.42. The Bertz CT molecular complexity index is 1800. The van der Waals surface area contributed by atoms with E-state index < -0.39 is 11.9 Å². The van der Waals surface area contributed by atoms with Gasteiger partial charge in [-0.2, -0.15) is 5.10 Å². The number of hydrazone groups is 1. The first kappa shape index (κ1) is 29.2. The lowest BCUT2D eigenvalue weighted by Gasteiger charge is -2.11. The third-order valence-corrected chi connectivity index (χ3v) is 8.29. The van der Waals surface area contributed by atoms with Crippen LogP contribution in [0.5, 0.6) is 11.5 Å². The number of halogens is 4. The smallest absolute Gasteiger partial charge is 0.343 e. The molecule has 41 heavy (non-hydrogen) atoms. The number of H-pyrrole nitrogens is 1. The molecule has 0 saturated carbocycles. The Balaban J connectivity index is 1.47. The molecule has 1 amide bonds. The van der Waals surface area contributed by atoms with E-state index in [1.807, 2.05) is 42.5 Å². The second-order valence-corrected chi connectivity index (χ2v) is 12.2. The second kappa shape index (κ2) is 12.7. The fourth-order valence-corrected chi connectivity index (χ4v) is 6.34. The number of fused-ring (bicyclic) bond motifs is 1. The molecule has 1 heterocycles. The fourth-order valence-electron chi connectivity index (χ4n) is 4.21. The highest BCUT2D eigenvalue weighted by Gasteiger charge is 2.23. The van der Waals surface area contributed by atoms with Gasteiger partial charge in [-0.1, -0.05) is 78.1 Å². The highest BCUT2D eigenvalue weighted by molar-refractivity contribution is 9.11. The van der Waals surface area contributed by atoms with E-state index in [1.54, 1.807) is 43.5 Å². The molecular weight excluding hydrogens is 786 g/mol. The molecule has 0 unspecified atom stereocenters. The summed E-state index contributed by atoms with van der Waals surface area (Å²) in [6.45, 7) is 0. The van der Waals surface area contributed by atoms with Gasteiger partial charge in [-0.25, -0.2) is 10.2 Å². The number of esters is 1. The van der Waals surface area contributed by atoms with Gasteiger partial charge in [0.25, 0.3) is 5.91 Å². The SMILES string of the molecule is COc1ccc(Br)c2c(-c3ccccc3)c(C(=O)NN=Cc3cc(Br)cc(Br)c3OC(=O)c3ccc(Br)cc3)[nH]c12. The molecule has 0 bridgehead atoms. The lowest BCUT2D eigenvalue weighted by molar-refractivity contribution is 0.0732. The van der Waals surface area contributed by atoms with Gasteiger partial charge in [-0.15, -0.1) is 0 Å². The molecule has 0 saturated heterocycles. The summed E-state index contributed by atoms with van der Waals surface area (Å²) >= 11 is 13.9. The molecule has 7 nitrogen and oxygen atoms in total. The Morgan fingerprint density at radius 2 is 1.61 bits per heavy atom. The van der Waals surface area contributed by atoms with Crippen LogP contribution in [0.1, 0.15) is 26.4 Å². The normalized spacial score (nSPS) is 11.1. The van der Waals surface area contributed by atoms with Crippen molar-refractivity contribution in [1.29, 1.82) is 0 Å². The molecule has 11 heteroatoms. The topological polar surface area (TPSA) is 92.8 Å².